The van der Waals surface area contributed by atoms with E-state index in [0.29, 0.717) is 31.7 Å². The fourth-order valence-electron chi connectivity index (χ4n) is 7.26. The van der Waals surface area contributed by atoms with E-state index in [1.165, 1.54) is 0 Å². The zero-order valence-electron chi connectivity index (χ0n) is 30.4. The third-order valence-electron chi connectivity index (χ3n) is 10.7. The lowest BCUT2D eigenvalue weighted by Crippen LogP contribution is -2.68. The van der Waals surface area contributed by atoms with Crippen molar-refractivity contribution in [2.75, 3.05) is 20.2 Å². The molecule has 0 saturated carbocycles. The number of hydrogen-bond donors (Lipinski definition) is 2. The van der Waals surface area contributed by atoms with Crippen molar-refractivity contribution >= 4 is 11.8 Å². The third kappa shape index (κ3) is 7.45. The summed E-state index contributed by atoms with van der Waals surface area (Å²) in [6.07, 6.45) is 6.13. The van der Waals surface area contributed by atoms with Crippen molar-refractivity contribution in [2.45, 2.75) is 138 Å². The summed E-state index contributed by atoms with van der Waals surface area (Å²) in [4.78, 5) is 31.1. The van der Waals surface area contributed by atoms with Gasteiger partial charge in [0.25, 0.3) is 0 Å². The monoisotopic (exact) mass is 630 g/mol. The van der Waals surface area contributed by atoms with Crippen molar-refractivity contribution in [2.24, 2.45) is 34.3 Å². The molecule has 5 unspecified atom stereocenters. The van der Waals surface area contributed by atoms with Crippen LogP contribution in [0, 0.1) is 28.6 Å². The van der Waals surface area contributed by atoms with Gasteiger partial charge in [-0.25, -0.2) is 4.79 Å². The topological polar surface area (TPSA) is 111 Å². The summed E-state index contributed by atoms with van der Waals surface area (Å²) in [7, 11) is 1.87. The molecule has 2 aliphatic carbocycles. The van der Waals surface area contributed by atoms with Crippen molar-refractivity contribution in [3.8, 4) is 0 Å². The van der Waals surface area contributed by atoms with Crippen LogP contribution >= 0.6 is 0 Å². The molecule has 0 aromatic carbocycles. The molecule has 6 atom stereocenters. The number of Topliss-reactive ketones (excluding diaryl/α,β-unsaturated/α-hetero) is 1. The highest BCUT2D eigenvalue weighted by molar-refractivity contribution is 5.93. The Hall–Kier alpha value is -2.00. The van der Waals surface area contributed by atoms with Crippen molar-refractivity contribution in [1.82, 2.24) is 4.90 Å². The van der Waals surface area contributed by atoms with Gasteiger partial charge < -0.3 is 30.0 Å². The number of esters is 1. The standard InChI is InChI=1S/C37H62N2O6/c1-14-28(39(13)33(6,7)8)32(41)44-30-17-24(4)19-36(25(5)15-16-34(9,10)22-38)31(40)27(23(2)3)18-26-21-43-35(11,12)45-29(26)20-37(30,36)42/h14,18-19,23,25,27,29-30,42H,15-17,20-22,38H2,1-13H3/b26-18-,28-14-/t25-,27?,29?,30?,36?,37?/m1/s1. The summed E-state index contributed by atoms with van der Waals surface area (Å²) in [6, 6.07) is 0. The second-order valence-corrected chi connectivity index (χ2v) is 16.5. The van der Waals surface area contributed by atoms with Crippen molar-refractivity contribution in [3.05, 3.63) is 35.1 Å². The van der Waals surface area contributed by atoms with Crippen LogP contribution in [0.15, 0.2) is 35.1 Å². The summed E-state index contributed by atoms with van der Waals surface area (Å²) >= 11 is 0. The minimum atomic E-state index is -1.75. The van der Waals surface area contributed by atoms with Gasteiger partial charge in [-0.05, 0) is 90.7 Å². The van der Waals surface area contributed by atoms with Crippen molar-refractivity contribution < 1.29 is 28.9 Å². The molecule has 1 heterocycles. The van der Waals surface area contributed by atoms with Crippen LogP contribution in [0.5, 0.6) is 0 Å². The van der Waals surface area contributed by atoms with Crippen LogP contribution in [-0.2, 0) is 23.8 Å². The maximum absolute atomic E-state index is 15.2. The number of allylic oxidation sites excluding steroid dienone is 2. The molecule has 45 heavy (non-hydrogen) atoms. The Balaban J connectivity index is 2.28. The van der Waals surface area contributed by atoms with Crippen LogP contribution in [0.4, 0.5) is 0 Å². The van der Waals surface area contributed by atoms with Crippen molar-refractivity contribution in [3.63, 3.8) is 0 Å². The number of hydrogen-bond acceptors (Lipinski definition) is 8. The van der Waals surface area contributed by atoms with E-state index in [1.54, 1.807) is 6.08 Å². The number of nitrogens with two attached hydrogens (primary N) is 1. The van der Waals surface area contributed by atoms with Gasteiger partial charge in [-0.15, -0.1) is 0 Å². The molecular formula is C37H62N2O6. The van der Waals surface area contributed by atoms with E-state index in [2.05, 4.69) is 20.8 Å². The van der Waals surface area contributed by atoms with E-state index in [-0.39, 0.29) is 35.0 Å². The number of fused-ring (bicyclic) bond motifs is 2. The first-order valence-corrected chi connectivity index (χ1v) is 16.8. The van der Waals surface area contributed by atoms with E-state index in [4.69, 9.17) is 19.9 Å². The fraction of sp³-hybridized carbons (Fsp3) is 0.784. The van der Waals surface area contributed by atoms with Gasteiger partial charge in [0.2, 0.25) is 0 Å². The molecule has 0 radical (unpaired) electrons. The van der Waals surface area contributed by atoms with E-state index in [1.807, 2.05) is 86.4 Å². The lowest BCUT2D eigenvalue weighted by molar-refractivity contribution is -0.271. The second kappa shape index (κ2) is 13.2. The van der Waals surface area contributed by atoms with Crippen LogP contribution in [-0.4, -0.2) is 71.1 Å². The average Bonchev–Trinajstić information content (AvgIpc) is 2.91. The zero-order valence-corrected chi connectivity index (χ0v) is 30.4. The van der Waals surface area contributed by atoms with Gasteiger partial charge >= 0.3 is 5.97 Å². The Labute approximate surface area is 272 Å². The first-order valence-electron chi connectivity index (χ1n) is 16.8. The number of ketones is 1. The Morgan fingerprint density at radius 2 is 1.84 bits per heavy atom. The summed E-state index contributed by atoms with van der Waals surface area (Å²) in [5.41, 5.74) is 4.73. The number of carbonyl (C=O) groups excluding carboxylic acids is 2. The molecular weight excluding hydrogens is 568 g/mol. The van der Waals surface area contributed by atoms with Crippen LogP contribution in [0.2, 0.25) is 0 Å². The summed E-state index contributed by atoms with van der Waals surface area (Å²) in [5, 5.41) is 13.4. The van der Waals surface area contributed by atoms with Crippen LogP contribution in [0.1, 0.15) is 109 Å². The summed E-state index contributed by atoms with van der Waals surface area (Å²) < 4.78 is 19.0. The van der Waals surface area contributed by atoms with E-state index < -0.39 is 40.9 Å². The highest BCUT2D eigenvalue weighted by Crippen LogP contribution is 2.57. The lowest BCUT2D eigenvalue weighted by atomic mass is 9.50. The van der Waals surface area contributed by atoms with E-state index in [9.17, 15) is 9.90 Å². The van der Waals surface area contributed by atoms with Gasteiger partial charge in [-0.3, -0.25) is 4.79 Å². The van der Waals surface area contributed by atoms with Gasteiger partial charge in [0.05, 0.1) is 18.1 Å². The molecule has 3 aliphatic rings. The summed E-state index contributed by atoms with van der Waals surface area (Å²) in [5.74, 6) is -2.27. The summed E-state index contributed by atoms with van der Waals surface area (Å²) in [6.45, 7) is 24.8. The van der Waals surface area contributed by atoms with Crippen LogP contribution in [0.3, 0.4) is 0 Å². The number of aliphatic hydroxyl groups is 1. The first kappa shape index (κ1) is 37.5. The molecule has 0 aromatic rings. The zero-order chi connectivity index (χ0) is 34.3. The molecule has 0 bridgehead atoms. The smallest absolute Gasteiger partial charge is 0.354 e. The fourth-order valence-corrected chi connectivity index (χ4v) is 7.26. The van der Waals surface area contributed by atoms with Gasteiger partial charge in [0.15, 0.2) is 11.6 Å². The minimum Gasteiger partial charge on any atom is -0.454 e. The first-order chi connectivity index (χ1) is 20.5. The van der Waals surface area contributed by atoms with Gasteiger partial charge in [0, 0.05) is 31.3 Å². The van der Waals surface area contributed by atoms with Crippen molar-refractivity contribution in [1.29, 1.82) is 0 Å². The number of ether oxygens (including phenoxy) is 3. The number of carbonyl (C=O) groups is 2. The average molecular weight is 631 g/mol. The lowest BCUT2D eigenvalue weighted by Gasteiger charge is -2.57. The Kier molecular flexibility index (Phi) is 11.0. The quantitative estimate of drug-likeness (QED) is 0.173. The molecule has 256 valence electrons. The van der Waals surface area contributed by atoms with Gasteiger partial charge in [0.1, 0.15) is 17.4 Å². The Morgan fingerprint density at radius 1 is 1.22 bits per heavy atom. The van der Waals surface area contributed by atoms with Gasteiger partial charge in [-0.1, -0.05) is 58.4 Å². The molecule has 8 nitrogen and oxygen atoms in total. The molecule has 8 heteroatoms. The molecule has 3 N–H and O–H groups in total. The van der Waals surface area contributed by atoms with Crippen LogP contribution in [0.25, 0.3) is 0 Å². The molecule has 0 aromatic heterocycles. The number of rotatable bonds is 9. The van der Waals surface area contributed by atoms with Gasteiger partial charge in [-0.2, -0.15) is 0 Å². The third-order valence-corrected chi connectivity index (χ3v) is 10.7. The number of likely N-dealkylation sites (N-methyl/N-ethyl adjacent to an activating group) is 1. The second-order valence-electron chi connectivity index (χ2n) is 16.5. The van der Waals surface area contributed by atoms with Crippen LogP contribution < -0.4 is 5.73 Å². The molecule has 1 aliphatic heterocycles. The molecule has 3 rings (SSSR count). The molecule has 1 fully saturated rings. The molecule has 0 spiro atoms. The highest BCUT2D eigenvalue weighted by Gasteiger charge is 2.66. The highest BCUT2D eigenvalue weighted by atomic mass is 16.7. The largest absolute Gasteiger partial charge is 0.454 e. The normalized spacial score (nSPS) is 32.8. The Morgan fingerprint density at radius 3 is 2.38 bits per heavy atom. The molecule has 0 amide bonds. The predicted molar refractivity (Wildman–Crippen MR) is 179 cm³/mol. The predicted octanol–water partition coefficient (Wildman–Crippen LogP) is 6.32. The number of nitrogens with zero attached hydrogens (tertiary/aromatic N) is 1. The SMILES string of the molecule is C/C=C(/C(=O)OC1CC(C)=CC2([C@H](C)CCC(C)(C)CN)C(=O)C(C(C)C)/C=C3/COC(C)(C)OC3CC12O)N(C)C(C)(C)C. The maximum atomic E-state index is 15.2. The Bertz CT molecular complexity index is 1210. The van der Waals surface area contributed by atoms with E-state index >= 15 is 4.79 Å². The minimum absolute atomic E-state index is 0.0424. The van der Waals surface area contributed by atoms with E-state index in [0.717, 1.165) is 17.6 Å². The maximum Gasteiger partial charge on any atom is 0.354 e. The molecule has 1 saturated heterocycles.